The number of hydrogen-bond acceptors (Lipinski definition) is 5. The van der Waals surface area contributed by atoms with Crippen LogP contribution < -0.4 is 5.32 Å². The van der Waals surface area contributed by atoms with E-state index in [1.54, 1.807) is 16.8 Å². The molecule has 0 spiro atoms. The van der Waals surface area contributed by atoms with Gasteiger partial charge in [-0.15, -0.1) is 0 Å². The number of nitrogens with zero attached hydrogens (tertiary/aromatic N) is 5. The maximum absolute atomic E-state index is 14.2. The Balaban J connectivity index is 2.02. The predicted octanol–water partition coefficient (Wildman–Crippen LogP) is 3.10. The van der Waals surface area contributed by atoms with Crippen molar-refractivity contribution in [3.8, 4) is 0 Å². The van der Waals surface area contributed by atoms with Crippen LogP contribution in [0.15, 0.2) is 30.9 Å². The van der Waals surface area contributed by atoms with Crippen molar-refractivity contribution in [3.63, 3.8) is 0 Å². The van der Waals surface area contributed by atoms with E-state index in [9.17, 15) is 4.39 Å². The molecule has 3 aromatic rings. The monoisotopic (exact) mass is 314 g/mol. The van der Waals surface area contributed by atoms with E-state index in [0.29, 0.717) is 22.6 Å². The van der Waals surface area contributed by atoms with Crippen molar-refractivity contribution in [1.82, 2.24) is 24.7 Å². The lowest BCUT2D eigenvalue weighted by Crippen LogP contribution is -2.19. The topological polar surface area (TPSA) is 68.5 Å². The van der Waals surface area contributed by atoms with Crippen LogP contribution in [0.2, 0.25) is 0 Å². The lowest BCUT2D eigenvalue weighted by atomic mass is 10.0. The molecule has 0 bridgehead atoms. The number of aryl methyl sites for hydroxylation is 1. The number of fused-ring (bicyclic) bond motifs is 1. The first-order chi connectivity index (χ1) is 11.1. The average Bonchev–Trinajstić information content (AvgIpc) is 2.92. The Morgan fingerprint density at radius 2 is 2.00 bits per heavy atom. The van der Waals surface area contributed by atoms with Gasteiger partial charge < -0.3 is 5.32 Å². The number of anilines is 1. The van der Waals surface area contributed by atoms with Crippen LogP contribution in [-0.2, 0) is 7.05 Å². The zero-order chi connectivity index (χ0) is 16.4. The van der Waals surface area contributed by atoms with Gasteiger partial charge in [-0.05, 0) is 24.5 Å². The normalized spacial score (nSPS) is 12.7. The maximum Gasteiger partial charge on any atom is 0.149 e. The minimum atomic E-state index is -0.341. The molecule has 0 fully saturated rings. The summed E-state index contributed by atoms with van der Waals surface area (Å²) >= 11 is 0. The Morgan fingerprint density at radius 1 is 1.17 bits per heavy atom. The Bertz CT molecular complexity index is 808. The molecule has 0 radical (unpaired) electrons. The van der Waals surface area contributed by atoms with Gasteiger partial charge in [-0.1, -0.05) is 19.9 Å². The highest BCUT2D eigenvalue weighted by atomic mass is 19.1. The fourth-order valence-electron chi connectivity index (χ4n) is 2.66. The quantitative estimate of drug-likeness (QED) is 0.783. The van der Waals surface area contributed by atoms with Crippen molar-refractivity contribution in [3.05, 3.63) is 42.5 Å². The van der Waals surface area contributed by atoms with Crippen molar-refractivity contribution in [1.29, 1.82) is 0 Å². The van der Waals surface area contributed by atoms with Gasteiger partial charge in [-0.2, -0.15) is 5.10 Å². The Morgan fingerprint density at radius 3 is 2.70 bits per heavy atom. The van der Waals surface area contributed by atoms with E-state index in [1.807, 2.05) is 7.05 Å². The largest absolute Gasteiger partial charge is 0.359 e. The zero-order valence-corrected chi connectivity index (χ0v) is 13.4. The molecule has 1 atom stereocenters. The van der Waals surface area contributed by atoms with Crippen LogP contribution in [-0.4, -0.2) is 24.7 Å². The zero-order valence-electron chi connectivity index (χ0n) is 13.4. The second-order valence-electron chi connectivity index (χ2n) is 5.92. The maximum atomic E-state index is 14.2. The van der Waals surface area contributed by atoms with Crippen molar-refractivity contribution >= 4 is 16.7 Å². The van der Waals surface area contributed by atoms with Crippen LogP contribution in [0.1, 0.15) is 32.1 Å². The summed E-state index contributed by atoms with van der Waals surface area (Å²) in [4.78, 5) is 12.7. The summed E-state index contributed by atoms with van der Waals surface area (Å²) in [5, 5.41) is 7.84. The highest BCUT2D eigenvalue weighted by molar-refractivity contribution is 5.89. The average molecular weight is 314 g/mol. The first kappa shape index (κ1) is 15.3. The minimum absolute atomic E-state index is 0.111. The molecule has 3 rings (SSSR count). The summed E-state index contributed by atoms with van der Waals surface area (Å²) in [6.45, 7) is 4.26. The first-order valence-electron chi connectivity index (χ1n) is 7.56. The number of aromatic nitrogens is 5. The van der Waals surface area contributed by atoms with Crippen LogP contribution in [0.5, 0.6) is 0 Å². The summed E-state index contributed by atoms with van der Waals surface area (Å²) in [5.41, 5.74) is 0.573. The molecule has 0 saturated heterocycles. The van der Waals surface area contributed by atoms with Gasteiger partial charge in [0.05, 0.1) is 16.9 Å². The van der Waals surface area contributed by atoms with Crippen LogP contribution in [0.25, 0.3) is 10.9 Å². The van der Waals surface area contributed by atoms with Gasteiger partial charge in [-0.25, -0.2) is 19.3 Å². The predicted molar refractivity (Wildman–Crippen MR) is 86.3 cm³/mol. The third-order valence-electron chi connectivity index (χ3n) is 3.69. The standard InChI is InChI=1S/C16H19FN6/c1-10(2)7-13(16-20-9-21-23(16)3)22-15-14-11(17)5-4-6-12(14)18-8-19-15/h4-6,8-10,13H,7H2,1-3H3,(H,18,19,22). The van der Waals surface area contributed by atoms with Gasteiger partial charge in [0.25, 0.3) is 0 Å². The number of hydrogen-bond donors (Lipinski definition) is 1. The van der Waals surface area contributed by atoms with E-state index >= 15 is 0 Å². The van der Waals surface area contributed by atoms with Gasteiger partial charge in [0.15, 0.2) is 0 Å². The molecule has 6 nitrogen and oxygen atoms in total. The van der Waals surface area contributed by atoms with Gasteiger partial charge >= 0.3 is 0 Å². The van der Waals surface area contributed by atoms with E-state index < -0.39 is 0 Å². The van der Waals surface area contributed by atoms with Gasteiger partial charge in [0, 0.05) is 7.05 Å². The summed E-state index contributed by atoms with van der Waals surface area (Å²) in [7, 11) is 1.84. The molecule has 2 aromatic heterocycles. The molecule has 0 aliphatic heterocycles. The van der Waals surface area contributed by atoms with E-state index in [4.69, 9.17) is 0 Å². The van der Waals surface area contributed by atoms with E-state index in [2.05, 4.69) is 39.2 Å². The molecule has 0 amide bonds. The molecule has 1 unspecified atom stereocenters. The highest BCUT2D eigenvalue weighted by Gasteiger charge is 2.20. The molecular formula is C16H19FN6. The molecule has 1 aromatic carbocycles. The second kappa shape index (κ2) is 6.28. The van der Waals surface area contributed by atoms with Gasteiger partial charge in [0.2, 0.25) is 0 Å². The Labute approximate surface area is 133 Å². The number of halogens is 1. The van der Waals surface area contributed by atoms with Crippen molar-refractivity contribution in [2.45, 2.75) is 26.3 Å². The smallest absolute Gasteiger partial charge is 0.149 e. The van der Waals surface area contributed by atoms with E-state index in [0.717, 1.165) is 12.2 Å². The highest BCUT2D eigenvalue weighted by Crippen LogP contribution is 2.28. The minimum Gasteiger partial charge on any atom is -0.359 e. The summed E-state index contributed by atoms with van der Waals surface area (Å²) in [5.74, 6) is 1.36. The Hall–Kier alpha value is -2.57. The molecule has 1 N–H and O–H groups in total. The van der Waals surface area contributed by atoms with Crippen LogP contribution in [0.3, 0.4) is 0 Å². The van der Waals surface area contributed by atoms with E-state index in [1.165, 1.54) is 18.7 Å². The number of benzene rings is 1. The summed E-state index contributed by atoms with van der Waals surface area (Å²) < 4.78 is 16.0. The third-order valence-corrected chi connectivity index (χ3v) is 3.69. The van der Waals surface area contributed by atoms with Crippen molar-refractivity contribution < 1.29 is 4.39 Å². The molecule has 0 aliphatic carbocycles. The molecule has 7 heteroatoms. The third kappa shape index (κ3) is 3.13. The summed E-state index contributed by atoms with van der Waals surface area (Å²) in [6, 6.07) is 4.71. The van der Waals surface area contributed by atoms with Crippen LogP contribution >= 0.6 is 0 Å². The molecule has 23 heavy (non-hydrogen) atoms. The van der Waals surface area contributed by atoms with E-state index in [-0.39, 0.29) is 11.9 Å². The van der Waals surface area contributed by atoms with Crippen molar-refractivity contribution in [2.75, 3.05) is 5.32 Å². The number of rotatable bonds is 5. The second-order valence-corrected chi connectivity index (χ2v) is 5.92. The first-order valence-corrected chi connectivity index (χ1v) is 7.56. The lowest BCUT2D eigenvalue weighted by Gasteiger charge is -2.21. The summed E-state index contributed by atoms with van der Waals surface area (Å²) in [6.07, 6.45) is 3.78. The molecular weight excluding hydrogens is 295 g/mol. The molecule has 0 saturated carbocycles. The van der Waals surface area contributed by atoms with Gasteiger partial charge in [0.1, 0.15) is 30.1 Å². The fraction of sp³-hybridized carbons (Fsp3) is 0.375. The van der Waals surface area contributed by atoms with Crippen LogP contribution in [0, 0.1) is 11.7 Å². The molecule has 2 heterocycles. The van der Waals surface area contributed by atoms with Gasteiger partial charge in [-0.3, -0.25) is 4.68 Å². The molecule has 0 aliphatic rings. The fourth-order valence-corrected chi connectivity index (χ4v) is 2.66. The molecule has 120 valence electrons. The van der Waals surface area contributed by atoms with Crippen LogP contribution in [0.4, 0.5) is 10.2 Å². The lowest BCUT2D eigenvalue weighted by molar-refractivity contribution is 0.497. The number of nitrogens with one attached hydrogen (secondary N) is 1. The SMILES string of the molecule is CC(C)CC(Nc1ncnc2cccc(F)c12)c1ncnn1C. The van der Waals surface area contributed by atoms with Crippen molar-refractivity contribution in [2.24, 2.45) is 13.0 Å². The Kier molecular flexibility index (Phi) is 4.18.